The van der Waals surface area contributed by atoms with E-state index in [1.165, 1.54) is 24.3 Å². The lowest BCUT2D eigenvalue weighted by Gasteiger charge is -2.24. The van der Waals surface area contributed by atoms with Crippen molar-refractivity contribution in [2.45, 2.75) is 31.8 Å². The Morgan fingerprint density at radius 3 is 2.73 bits per heavy atom. The van der Waals surface area contributed by atoms with E-state index in [1.54, 1.807) is 0 Å². The van der Waals surface area contributed by atoms with Crippen LogP contribution >= 0.6 is 11.8 Å². The van der Waals surface area contributed by atoms with E-state index in [9.17, 15) is 4.39 Å². The van der Waals surface area contributed by atoms with Crippen LogP contribution in [0.1, 0.15) is 19.8 Å². The Balaban J connectivity index is 2.13. The molecule has 0 aliphatic carbocycles. The SMILES string of the molecule is CC(CF)NC1CCSCC1. The molecule has 1 aliphatic rings. The molecule has 0 spiro atoms. The molecule has 1 rings (SSSR count). The smallest absolute Gasteiger partial charge is 0.104 e. The van der Waals surface area contributed by atoms with Crippen LogP contribution in [0.25, 0.3) is 0 Å². The third kappa shape index (κ3) is 3.43. The Labute approximate surface area is 72.1 Å². The number of hydrogen-bond acceptors (Lipinski definition) is 2. The second-order valence-corrected chi connectivity index (χ2v) is 4.33. The summed E-state index contributed by atoms with van der Waals surface area (Å²) in [7, 11) is 0. The zero-order valence-electron chi connectivity index (χ0n) is 6.98. The molecular formula is C8H16FNS. The quantitative estimate of drug-likeness (QED) is 0.706. The van der Waals surface area contributed by atoms with Crippen LogP contribution in [0.3, 0.4) is 0 Å². The van der Waals surface area contributed by atoms with Crippen LogP contribution in [-0.4, -0.2) is 30.3 Å². The van der Waals surface area contributed by atoms with Gasteiger partial charge in [0, 0.05) is 12.1 Å². The normalized spacial score (nSPS) is 23.5. The highest BCUT2D eigenvalue weighted by atomic mass is 32.2. The Kier molecular flexibility index (Phi) is 4.23. The van der Waals surface area contributed by atoms with Gasteiger partial charge in [0.25, 0.3) is 0 Å². The largest absolute Gasteiger partial charge is 0.309 e. The molecule has 1 atom stereocenters. The molecule has 0 bridgehead atoms. The van der Waals surface area contributed by atoms with Gasteiger partial charge in [-0.15, -0.1) is 0 Å². The minimum Gasteiger partial charge on any atom is -0.309 e. The minimum atomic E-state index is -0.246. The van der Waals surface area contributed by atoms with Gasteiger partial charge in [-0.05, 0) is 31.3 Å². The molecule has 11 heavy (non-hydrogen) atoms. The van der Waals surface area contributed by atoms with E-state index in [0.29, 0.717) is 6.04 Å². The maximum atomic E-state index is 12.1. The van der Waals surface area contributed by atoms with Crippen LogP contribution in [0.15, 0.2) is 0 Å². The van der Waals surface area contributed by atoms with Crippen LogP contribution in [-0.2, 0) is 0 Å². The lowest BCUT2D eigenvalue weighted by Crippen LogP contribution is -2.39. The van der Waals surface area contributed by atoms with E-state index in [4.69, 9.17) is 0 Å². The van der Waals surface area contributed by atoms with Gasteiger partial charge in [-0.3, -0.25) is 0 Å². The van der Waals surface area contributed by atoms with Gasteiger partial charge in [0.05, 0.1) is 0 Å². The standard InChI is InChI=1S/C8H16FNS/c1-7(6-9)10-8-2-4-11-5-3-8/h7-8,10H,2-6H2,1H3. The van der Waals surface area contributed by atoms with Crippen molar-refractivity contribution in [3.05, 3.63) is 0 Å². The summed E-state index contributed by atoms with van der Waals surface area (Å²) in [6.07, 6.45) is 2.41. The lowest BCUT2D eigenvalue weighted by atomic mass is 10.1. The van der Waals surface area contributed by atoms with Crippen molar-refractivity contribution in [3.63, 3.8) is 0 Å². The first kappa shape index (κ1) is 9.33. The molecule has 66 valence electrons. The predicted octanol–water partition coefficient (Wildman–Crippen LogP) is 1.83. The Morgan fingerprint density at radius 1 is 1.55 bits per heavy atom. The van der Waals surface area contributed by atoms with Gasteiger partial charge < -0.3 is 5.32 Å². The maximum Gasteiger partial charge on any atom is 0.104 e. The van der Waals surface area contributed by atoms with Crippen LogP contribution in [0, 0.1) is 0 Å². The van der Waals surface area contributed by atoms with E-state index in [0.717, 1.165) is 0 Å². The van der Waals surface area contributed by atoms with Crippen molar-refractivity contribution in [3.8, 4) is 0 Å². The number of alkyl halides is 1. The lowest BCUT2D eigenvalue weighted by molar-refractivity contribution is 0.347. The molecule has 1 heterocycles. The first-order chi connectivity index (χ1) is 5.33. The van der Waals surface area contributed by atoms with Gasteiger partial charge >= 0.3 is 0 Å². The van der Waals surface area contributed by atoms with Crippen molar-refractivity contribution in [1.29, 1.82) is 0 Å². The van der Waals surface area contributed by atoms with E-state index in [2.05, 4.69) is 5.32 Å². The second-order valence-electron chi connectivity index (χ2n) is 3.11. The summed E-state index contributed by atoms with van der Waals surface area (Å²) in [6.45, 7) is 1.66. The summed E-state index contributed by atoms with van der Waals surface area (Å²) >= 11 is 2.00. The number of thioether (sulfide) groups is 1. The van der Waals surface area contributed by atoms with Crippen molar-refractivity contribution in [2.24, 2.45) is 0 Å². The molecule has 1 N–H and O–H groups in total. The van der Waals surface area contributed by atoms with Gasteiger partial charge in [0.15, 0.2) is 0 Å². The average Bonchev–Trinajstić information content (AvgIpc) is 2.06. The first-order valence-electron chi connectivity index (χ1n) is 4.22. The molecule has 0 radical (unpaired) electrons. The summed E-state index contributed by atoms with van der Waals surface area (Å²) in [6, 6.07) is 0.616. The summed E-state index contributed by atoms with van der Waals surface area (Å²) in [5.41, 5.74) is 0. The molecule has 0 aromatic carbocycles. The third-order valence-electron chi connectivity index (χ3n) is 1.97. The van der Waals surface area contributed by atoms with E-state index in [1.807, 2.05) is 18.7 Å². The molecule has 0 amide bonds. The molecule has 3 heteroatoms. The second kappa shape index (κ2) is 4.99. The minimum absolute atomic E-state index is 0.0445. The highest BCUT2D eigenvalue weighted by Crippen LogP contribution is 2.17. The number of nitrogens with one attached hydrogen (secondary N) is 1. The van der Waals surface area contributed by atoms with E-state index < -0.39 is 0 Å². The van der Waals surface area contributed by atoms with Gasteiger partial charge in [0.1, 0.15) is 6.67 Å². The summed E-state index contributed by atoms with van der Waals surface area (Å²) in [4.78, 5) is 0. The maximum absolute atomic E-state index is 12.1. The summed E-state index contributed by atoms with van der Waals surface area (Å²) in [5, 5.41) is 3.28. The fourth-order valence-corrected chi connectivity index (χ4v) is 2.42. The fourth-order valence-electron chi connectivity index (χ4n) is 1.31. The zero-order valence-corrected chi connectivity index (χ0v) is 7.79. The molecular weight excluding hydrogens is 161 g/mol. The zero-order chi connectivity index (χ0) is 8.10. The van der Waals surface area contributed by atoms with Crippen LogP contribution in [0.2, 0.25) is 0 Å². The van der Waals surface area contributed by atoms with Gasteiger partial charge in [-0.1, -0.05) is 0 Å². The van der Waals surface area contributed by atoms with E-state index >= 15 is 0 Å². The van der Waals surface area contributed by atoms with Gasteiger partial charge in [-0.25, -0.2) is 4.39 Å². The third-order valence-corrected chi connectivity index (χ3v) is 3.02. The monoisotopic (exact) mass is 177 g/mol. The Bertz CT molecular complexity index is 104. The van der Waals surface area contributed by atoms with Gasteiger partial charge in [0.2, 0.25) is 0 Å². The molecule has 1 nitrogen and oxygen atoms in total. The number of rotatable bonds is 3. The predicted molar refractivity (Wildman–Crippen MR) is 48.9 cm³/mol. The van der Waals surface area contributed by atoms with Crippen LogP contribution < -0.4 is 5.32 Å². The molecule has 0 aromatic rings. The number of halogens is 1. The average molecular weight is 177 g/mol. The fraction of sp³-hybridized carbons (Fsp3) is 1.00. The Morgan fingerprint density at radius 2 is 2.18 bits per heavy atom. The number of hydrogen-bond donors (Lipinski definition) is 1. The summed E-state index contributed by atoms with van der Waals surface area (Å²) < 4.78 is 12.1. The molecule has 1 saturated heterocycles. The Hall–Kier alpha value is 0.240. The van der Waals surface area contributed by atoms with Crippen LogP contribution in [0.4, 0.5) is 4.39 Å². The van der Waals surface area contributed by atoms with Crippen molar-refractivity contribution in [1.82, 2.24) is 5.32 Å². The molecule has 1 aliphatic heterocycles. The molecule has 0 aromatic heterocycles. The topological polar surface area (TPSA) is 12.0 Å². The molecule has 1 unspecified atom stereocenters. The van der Waals surface area contributed by atoms with Crippen LogP contribution in [0.5, 0.6) is 0 Å². The van der Waals surface area contributed by atoms with Crippen molar-refractivity contribution >= 4 is 11.8 Å². The van der Waals surface area contributed by atoms with E-state index in [-0.39, 0.29) is 12.7 Å². The van der Waals surface area contributed by atoms with Crippen molar-refractivity contribution < 1.29 is 4.39 Å². The first-order valence-corrected chi connectivity index (χ1v) is 5.38. The summed E-state index contributed by atoms with van der Waals surface area (Å²) in [5.74, 6) is 2.47. The molecule has 1 fully saturated rings. The highest BCUT2D eigenvalue weighted by molar-refractivity contribution is 7.99. The van der Waals surface area contributed by atoms with Crippen molar-refractivity contribution in [2.75, 3.05) is 18.2 Å². The highest BCUT2D eigenvalue weighted by Gasteiger charge is 2.14. The molecule has 0 saturated carbocycles. The van der Waals surface area contributed by atoms with Gasteiger partial charge in [-0.2, -0.15) is 11.8 Å².